The minimum Gasteiger partial charge on any atom is -0.378 e. The van der Waals surface area contributed by atoms with E-state index in [1.807, 2.05) is 68.4 Å². The first-order chi connectivity index (χ1) is 11.0. The van der Waals surface area contributed by atoms with Crippen molar-refractivity contribution in [3.63, 3.8) is 0 Å². The van der Waals surface area contributed by atoms with Gasteiger partial charge < -0.3 is 10.2 Å². The van der Waals surface area contributed by atoms with Crippen molar-refractivity contribution in [2.75, 3.05) is 19.0 Å². The van der Waals surface area contributed by atoms with Gasteiger partial charge in [-0.25, -0.2) is 0 Å². The van der Waals surface area contributed by atoms with E-state index in [-0.39, 0.29) is 11.9 Å². The summed E-state index contributed by atoms with van der Waals surface area (Å²) in [7, 11) is 3.95. The van der Waals surface area contributed by atoms with Gasteiger partial charge in [0, 0.05) is 31.0 Å². The summed E-state index contributed by atoms with van der Waals surface area (Å²) in [6.45, 7) is 1.98. The summed E-state index contributed by atoms with van der Waals surface area (Å²) in [6.07, 6.45) is 2.30. The first-order valence-corrected chi connectivity index (χ1v) is 8.06. The predicted octanol–water partition coefficient (Wildman–Crippen LogP) is 3.34. The second-order valence-corrected chi connectivity index (χ2v) is 6.44. The smallest absolute Gasteiger partial charge is 0.251 e. The van der Waals surface area contributed by atoms with Crippen LogP contribution in [-0.4, -0.2) is 25.0 Å². The van der Waals surface area contributed by atoms with Crippen LogP contribution in [0.1, 0.15) is 40.6 Å². The summed E-state index contributed by atoms with van der Waals surface area (Å²) in [6, 6.07) is 13.7. The summed E-state index contributed by atoms with van der Waals surface area (Å²) in [5.74, 6) is 0.471. The van der Waals surface area contributed by atoms with E-state index in [9.17, 15) is 4.79 Å². The molecule has 1 aliphatic rings. The van der Waals surface area contributed by atoms with Crippen molar-refractivity contribution in [3.8, 4) is 0 Å². The highest BCUT2D eigenvalue weighted by Gasteiger charge is 2.34. The van der Waals surface area contributed by atoms with Gasteiger partial charge in [0.05, 0.1) is 11.7 Å². The summed E-state index contributed by atoms with van der Waals surface area (Å²) >= 11 is 0. The molecular formula is C19H23N3O. The number of carbonyl (C=O) groups is 1. The lowest BCUT2D eigenvalue weighted by Gasteiger charge is -2.19. The highest BCUT2D eigenvalue weighted by atomic mass is 16.1. The Kier molecular flexibility index (Phi) is 4.33. The SMILES string of the molecule is Cc1cccc([C@H](NC(=O)c2cccc(N(C)C)c2)C2CC2)n1. The average Bonchev–Trinajstić information content (AvgIpc) is 3.37. The monoisotopic (exact) mass is 309 g/mol. The topological polar surface area (TPSA) is 45.2 Å². The molecule has 1 amide bonds. The molecule has 1 aromatic heterocycles. The lowest BCUT2D eigenvalue weighted by Crippen LogP contribution is -2.30. The van der Waals surface area contributed by atoms with E-state index in [0.29, 0.717) is 11.5 Å². The minimum absolute atomic E-state index is 0.00501. The van der Waals surface area contributed by atoms with Gasteiger partial charge in [-0.1, -0.05) is 12.1 Å². The molecule has 1 atom stereocenters. The Bertz CT molecular complexity index is 707. The Morgan fingerprint density at radius 3 is 2.61 bits per heavy atom. The summed E-state index contributed by atoms with van der Waals surface area (Å²) in [5.41, 5.74) is 3.66. The van der Waals surface area contributed by atoms with Crippen molar-refractivity contribution >= 4 is 11.6 Å². The molecular weight excluding hydrogens is 286 g/mol. The van der Waals surface area contributed by atoms with Crippen LogP contribution in [0.3, 0.4) is 0 Å². The van der Waals surface area contributed by atoms with Gasteiger partial charge in [-0.2, -0.15) is 0 Å². The quantitative estimate of drug-likeness (QED) is 0.921. The number of hydrogen-bond donors (Lipinski definition) is 1. The normalized spacial score (nSPS) is 15.1. The van der Waals surface area contributed by atoms with Crippen LogP contribution < -0.4 is 10.2 Å². The first kappa shape index (κ1) is 15.5. The lowest BCUT2D eigenvalue weighted by molar-refractivity contribution is 0.0930. The molecule has 0 bridgehead atoms. The average molecular weight is 309 g/mol. The number of nitrogens with one attached hydrogen (secondary N) is 1. The number of anilines is 1. The Hall–Kier alpha value is -2.36. The second-order valence-electron chi connectivity index (χ2n) is 6.44. The van der Waals surface area contributed by atoms with E-state index in [4.69, 9.17) is 0 Å². The molecule has 0 unspecified atom stereocenters. The molecule has 1 aromatic carbocycles. The molecule has 0 spiro atoms. The van der Waals surface area contributed by atoms with Crippen LogP contribution in [0.5, 0.6) is 0 Å². The van der Waals surface area contributed by atoms with Gasteiger partial charge in [-0.3, -0.25) is 9.78 Å². The molecule has 0 radical (unpaired) electrons. The molecule has 4 heteroatoms. The maximum absolute atomic E-state index is 12.7. The fourth-order valence-corrected chi connectivity index (χ4v) is 2.75. The van der Waals surface area contributed by atoms with E-state index >= 15 is 0 Å². The minimum atomic E-state index is -0.0334. The van der Waals surface area contributed by atoms with Crippen molar-refractivity contribution in [1.29, 1.82) is 0 Å². The molecule has 0 saturated heterocycles. The Morgan fingerprint density at radius 1 is 1.22 bits per heavy atom. The molecule has 120 valence electrons. The number of carbonyl (C=O) groups excluding carboxylic acids is 1. The molecule has 1 fully saturated rings. The molecule has 4 nitrogen and oxygen atoms in total. The summed E-state index contributed by atoms with van der Waals surface area (Å²) < 4.78 is 0. The van der Waals surface area contributed by atoms with Gasteiger partial charge in [-0.05, 0) is 56.0 Å². The summed E-state index contributed by atoms with van der Waals surface area (Å²) in [4.78, 5) is 19.3. The third-order valence-corrected chi connectivity index (χ3v) is 4.23. The Balaban J connectivity index is 1.80. The van der Waals surface area contributed by atoms with Gasteiger partial charge in [0.2, 0.25) is 0 Å². The molecule has 23 heavy (non-hydrogen) atoms. The first-order valence-electron chi connectivity index (χ1n) is 8.06. The van der Waals surface area contributed by atoms with Gasteiger partial charge in [0.25, 0.3) is 5.91 Å². The van der Waals surface area contributed by atoms with Crippen LogP contribution >= 0.6 is 0 Å². The van der Waals surface area contributed by atoms with E-state index < -0.39 is 0 Å². The number of hydrogen-bond acceptors (Lipinski definition) is 3. The largest absolute Gasteiger partial charge is 0.378 e. The van der Waals surface area contributed by atoms with Crippen LogP contribution in [-0.2, 0) is 0 Å². The van der Waals surface area contributed by atoms with Crippen molar-refractivity contribution in [2.45, 2.75) is 25.8 Å². The maximum Gasteiger partial charge on any atom is 0.251 e. The Labute approximate surface area is 137 Å². The highest BCUT2D eigenvalue weighted by molar-refractivity contribution is 5.95. The second kappa shape index (κ2) is 6.41. The number of aromatic nitrogens is 1. The van der Waals surface area contributed by atoms with Crippen LogP contribution in [0.4, 0.5) is 5.69 Å². The molecule has 1 N–H and O–H groups in total. The molecule has 3 rings (SSSR count). The van der Waals surface area contributed by atoms with Gasteiger partial charge >= 0.3 is 0 Å². The zero-order chi connectivity index (χ0) is 16.4. The van der Waals surface area contributed by atoms with Gasteiger partial charge in [0.1, 0.15) is 0 Å². The third-order valence-electron chi connectivity index (χ3n) is 4.23. The zero-order valence-electron chi connectivity index (χ0n) is 13.9. The van der Waals surface area contributed by atoms with E-state index in [0.717, 1.165) is 29.9 Å². The van der Waals surface area contributed by atoms with Crippen LogP contribution in [0.25, 0.3) is 0 Å². The van der Waals surface area contributed by atoms with Crippen molar-refractivity contribution < 1.29 is 4.79 Å². The number of amides is 1. The molecule has 0 aliphatic heterocycles. The summed E-state index contributed by atoms with van der Waals surface area (Å²) in [5, 5.41) is 3.18. The van der Waals surface area contributed by atoms with E-state index in [1.54, 1.807) is 0 Å². The third kappa shape index (κ3) is 3.70. The van der Waals surface area contributed by atoms with Crippen LogP contribution in [0, 0.1) is 12.8 Å². The number of nitrogens with zero attached hydrogens (tertiary/aromatic N) is 2. The van der Waals surface area contributed by atoms with E-state index in [1.165, 1.54) is 0 Å². The predicted molar refractivity (Wildman–Crippen MR) is 92.7 cm³/mol. The lowest BCUT2D eigenvalue weighted by atomic mass is 10.1. The maximum atomic E-state index is 12.7. The van der Waals surface area contributed by atoms with Crippen LogP contribution in [0.15, 0.2) is 42.5 Å². The molecule has 2 aromatic rings. The van der Waals surface area contributed by atoms with Crippen molar-refractivity contribution in [2.24, 2.45) is 5.92 Å². The molecule has 1 heterocycles. The fraction of sp³-hybridized carbons (Fsp3) is 0.368. The number of benzene rings is 1. The van der Waals surface area contributed by atoms with E-state index in [2.05, 4.69) is 10.3 Å². The van der Waals surface area contributed by atoms with Crippen LogP contribution in [0.2, 0.25) is 0 Å². The highest BCUT2D eigenvalue weighted by Crippen LogP contribution is 2.40. The van der Waals surface area contributed by atoms with Gasteiger partial charge in [0.15, 0.2) is 0 Å². The zero-order valence-corrected chi connectivity index (χ0v) is 13.9. The standard InChI is InChI=1S/C19H23N3O/c1-13-6-4-9-17(20-13)18(14-10-11-14)21-19(23)15-7-5-8-16(12-15)22(2)3/h4-9,12,14,18H,10-11H2,1-3H3,(H,21,23)/t18-/m1/s1. The molecule has 1 saturated carbocycles. The fourth-order valence-electron chi connectivity index (χ4n) is 2.75. The van der Waals surface area contributed by atoms with Crippen molar-refractivity contribution in [1.82, 2.24) is 10.3 Å². The molecule has 1 aliphatic carbocycles. The van der Waals surface area contributed by atoms with Gasteiger partial charge in [-0.15, -0.1) is 0 Å². The number of aryl methyl sites for hydroxylation is 1. The number of pyridine rings is 1. The van der Waals surface area contributed by atoms with Crippen molar-refractivity contribution in [3.05, 3.63) is 59.4 Å². The number of rotatable bonds is 5. The Morgan fingerprint density at radius 2 is 1.96 bits per heavy atom.